The van der Waals surface area contributed by atoms with Crippen molar-refractivity contribution in [1.29, 1.82) is 0 Å². The van der Waals surface area contributed by atoms with E-state index in [9.17, 15) is 13.2 Å². The minimum atomic E-state index is -4.00. The minimum absolute atomic E-state index is 0.0183. The molecule has 1 aliphatic rings. The number of piperazine rings is 1. The zero-order valence-corrected chi connectivity index (χ0v) is 21.8. The highest BCUT2D eigenvalue weighted by Gasteiger charge is 2.30. The van der Waals surface area contributed by atoms with Gasteiger partial charge in [0.2, 0.25) is 15.9 Å². The number of ether oxygens (including phenoxy) is 1. The van der Waals surface area contributed by atoms with Crippen molar-refractivity contribution in [1.82, 2.24) is 14.1 Å². The second-order valence-electron chi connectivity index (χ2n) is 8.70. The van der Waals surface area contributed by atoms with E-state index in [1.54, 1.807) is 4.90 Å². The number of nitrogens with zero attached hydrogens (tertiary/aromatic N) is 3. The lowest BCUT2D eigenvalue weighted by Crippen LogP contribution is -2.51. The van der Waals surface area contributed by atoms with Crippen LogP contribution in [0.1, 0.15) is 11.1 Å². The molecule has 0 unspecified atom stereocenters. The van der Waals surface area contributed by atoms with Crippen molar-refractivity contribution >= 4 is 27.5 Å². The number of benzene rings is 3. The van der Waals surface area contributed by atoms with Crippen LogP contribution in [0.25, 0.3) is 0 Å². The molecule has 7 nitrogen and oxygen atoms in total. The highest BCUT2D eigenvalue weighted by molar-refractivity contribution is 7.89. The van der Waals surface area contributed by atoms with E-state index in [1.807, 2.05) is 48.5 Å². The summed E-state index contributed by atoms with van der Waals surface area (Å²) >= 11 is 6.21. The van der Waals surface area contributed by atoms with Crippen molar-refractivity contribution in [3.63, 3.8) is 0 Å². The third-order valence-corrected chi connectivity index (χ3v) is 8.33. The quantitative estimate of drug-likeness (QED) is 0.422. The van der Waals surface area contributed by atoms with Crippen LogP contribution in [-0.4, -0.2) is 68.3 Å². The molecule has 0 aliphatic carbocycles. The smallest absolute Gasteiger partial charge is 0.243 e. The van der Waals surface area contributed by atoms with Crippen molar-refractivity contribution in [3.8, 4) is 5.75 Å². The number of rotatable bonds is 9. The van der Waals surface area contributed by atoms with Gasteiger partial charge >= 0.3 is 0 Å². The van der Waals surface area contributed by atoms with Crippen LogP contribution in [0.2, 0.25) is 5.02 Å². The maximum atomic E-state index is 13.6. The molecule has 1 heterocycles. The highest BCUT2D eigenvalue weighted by Crippen LogP contribution is 2.29. The number of methoxy groups -OCH3 is 1. The fourth-order valence-corrected chi connectivity index (χ4v) is 5.94. The Morgan fingerprint density at radius 1 is 0.917 bits per heavy atom. The maximum absolute atomic E-state index is 13.6. The molecule has 1 fully saturated rings. The highest BCUT2D eigenvalue weighted by atomic mass is 35.5. The lowest BCUT2D eigenvalue weighted by molar-refractivity contribution is -0.133. The van der Waals surface area contributed by atoms with Gasteiger partial charge in [-0.05, 0) is 29.3 Å². The standard InChI is InChI=1S/C27H30ClN3O4S/c1-35-26-13-12-24(18-25(26)28)36(33,34)31(20-23-10-6-3-7-11-23)21-27(32)30-16-14-29(15-17-30)19-22-8-4-2-5-9-22/h2-13,18H,14-17,19-21H2,1H3. The Morgan fingerprint density at radius 2 is 1.53 bits per heavy atom. The molecular weight excluding hydrogens is 498 g/mol. The van der Waals surface area contributed by atoms with Crippen molar-refractivity contribution in [2.75, 3.05) is 39.8 Å². The van der Waals surface area contributed by atoms with Gasteiger partial charge in [-0.15, -0.1) is 0 Å². The summed E-state index contributed by atoms with van der Waals surface area (Å²) in [6.45, 7) is 3.24. The van der Waals surface area contributed by atoms with E-state index in [1.165, 1.54) is 35.2 Å². The number of carbonyl (C=O) groups excluding carboxylic acids is 1. The predicted molar refractivity (Wildman–Crippen MR) is 140 cm³/mol. The van der Waals surface area contributed by atoms with Crippen molar-refractivity contribution in [3.05, 3.63) is 95.0 Å². The van der Waals surface area contributed by atoms with Gasteiger partial charge in [0.25, 0.3) is 0 Å². The molecule has 1 saturated heterocycles. The van der Waals surface area contributed by atoms with Gasteiger partial charge in [0.15, 0.2) is 0 Å². The molecular formula is C27H30ClN3O4S. The van der Waals surface area contributed by atoms with E-state index in [2.05, 4.69) is 17.0 Å². The number of amides is 1. The molecule has 3 aromatic carbocycles. The molecule has 4 rings (SSSR count). The van der Waals surface area contributed by atoms with Gasteiger partial charge in [-0.2, -0.15) is 4.31 Å². The summed E-state index contributed by atoms with van der Waals surface area (Å²) in [4.78, 5) is 17.3. The average molecular weight is 528 g/mol. The Labute approximate surface area is 217 Å². The average Bonchev–Trinajstić information content (AvgIpc) is 2.90. The third kappa shape index (κ3) is 6.44. The first kappa shape index (κ1) is 26.2. The molecule has 0 atom stereocenters. The summed E-state index contributed by atoms with van der Waals surface area (Å²) in [6, 6.07) is 23.8. The second-order valence-corrected chi connectivity index (χ2v) is 11.0. The van der Waals surface area contributed by atoms with Gasteiger partial charge in [0, 0.05) is 39.3 Å². The molecule has 0 saturated carbocycles. The van der Waals surface area contributed by atoms with Crippen LogP contribution in [0.4, 0.5) is 0 Å². The van der Waals surface area contributed by atoms with Crippen LogP contribution in [0.15, 0.2) is 83.8 Å². The van der Waals surface area contributed by atoms with E-state index >= 15 is 0 Å². The Balaban J connectivity index is 1.47. The Morgan fingerprint density at radius 3 is 2.11 bits per heavy atom. The number of hydrogen-bond acceptors (Lipinski definition) is 5. The number of sulfonamides is 1. The molecule has 9 heteroatoms. The number of carbonyl (C=O) groups is 1. The molecule has 36 heavy (non-hydrogen) atoms. The van der Waals surface area contributed by atoms with Crippen molar-refractivity contribution in [2.45, 2.75) is 18.0 Å². The van der Waals surface area contributed by atoms with Gasteiger partial charge in [0.05, 0.1) is 23.6 Å². The van der Waals surface area contributed by atoms with E-state index in [0.717, 1.165) is 25.2 Å². The molecule has 3 aromatic rings. The van der Waals surface area contributed by atoms with E-state index < -0.39 is 10.0 Å². The Bertz CT molecular complexity index is 1260. The molecule has 1 amide bonds. The number of hydrogen-bond donors (Lipinski definition) is 0. The zero-order valence-electron chi connectivity index (χ0n) is 20.2. The first-order chi connectivity index (χ1) is 17.4. The van der Waals surface area contributed by atoms with Gasteiger partial charge in [-0.1, -0.05) is 72.3 Å². The largest absolute Gasteiger partial charge is 0.495 e. The number of halogens is 1. The summed E-state index contributed by atoms with van der Waals surface area (Å²) in [5.74, 6) is 0.170. The minimum Gasteiger partial charge on any atom is -0.495 e. The van der Waals surface area contributed by atoms with Crippen molar-refractivity contribution in [2.24, 2.45) is 0 Å². The lowest BCUT2D eigenvalue weighted by atomic mass is 10.2. The third-order valence-electron chi connectivity index (χ3n) is 6.25. The Hall–Kier alpha value is -2.91. The van der Waals surface area contributed by atoms with Gasteiger partial charge in [-0.3, -0.25) is 9.69 Å². The summed E-state index contributed by atoms with van der Waals surface area (Å²) in [5.41, 5.74) is 2.02. The SMILES string of the molecule is COc1ccc(S(=O)(=O)N(CC(=O)N2CCN(Cc3ccccc3)CC2)Cc2ccccc2)cc1Cl. The topological polar surface area (TPSA) is 70.2 Å². The van der Waals surface area contributed by atoms with Crippen molar-refractivity contribution < 1.29 is 17.9 Å². The van der Waals surface area contributed by atoms with Gasteiger partial charge < -0.3 is 9.64 Å². The van der Waals surface area contributed by atoms with Crippen LogP contribution in [-0.2, 0) is 27.9 Å². The maximum Gasteiger partial charge on any atom is 0.243 e. The monoisotopic (exact) mass is 527 g/mol. The summed E-state index contributed by atoms with van der Waals surface area (Å²) in [6.07, 6.45) is 0. The van der Waals surface area contributed by atoms with Gasteiger partial charge in [0.1, 0.15) is 5.75 Å². The van der Waals surface area contributed by atoms with Crippen LogP contribution in [0.3, 0.4) is 0 Å². The molecule has 0 bridgehead atoms. The molecule has 190 valence electrons. The predicted octanol–water partition coefficient (Wildman–Crippen LogP) is 3.88. The first-order valence-electron chi connectivity index (χ1n) is 11.8. The van der Waals surface area contributed by atoms with Crippen LogP contribution < -0.4 is 4.74 Å². The van der Waals surface area contributed by atoms with Crippen LogP contribution in [0.5, 0.6) is 5.75 Å². The summed E-state index contributed by atoms with van der Waals surface area (Å²) < 4.78 is 33.6. The molecule has 0 radical (unpaired) electrons. The molecule has 0 N–H and O–H groups in total. The summed E-state index contributed by atoms with van der Waals surface area (Å²) in [7, 11) is -2.53. The molecule has 0 spiro atoms. The second kappa shape index (κ2) is 11.9. The fraction of sp³-hybridized carbons (Fsp3) is 0.296. The van der Waals surface area contributed by atoms with E-state index in [4.69, 9.17) is 16.3 Å². The Kier molecular flexibility index (Phi) is 8.64. The zero-order chi connectivity index (χ0) is 25.5. The first-order valence-corrected chi connectivity index (χ1v) is 13.6. The van der Waals surface area contributed by atoms with E-state index in [0.29, 0.717) is 18.8 Å². The van der Waals surface area contributed by atoms with E-state index in [-0.39, 0.29) is 28.9 Å². The van der Waals surface area contributed by atoms with Crippen LogP contribution in [0, 0.1) is 0 Å². The lowest BCUT2D eigenvalue weighted by Gasteiger charge is -2.35. The van der Waals surface area contributed by atoms with Crippen LogP contribution >= 0.6 is 11.6 Å². The summed E-state index contributed by atoms with van der Waals surface area (Å²) in [5, 5.41) is 0.194. The molecule has 0 aromatic heterocycles. The fourth-order valence-electron chi connectivity index (χ4n) is 4.22. The molecule has 1 aliphatic heterocycles. The van der Waals surface area contributed by atoms with Gasteiger partial charge in [-0.25, -0.2) is 8.42 Å². The normalized spacial score (nSPS) is 14.7.